The second-order valence-corrected chi connectivity index (χ2v) is 4.83. The minimum absolute atomic E-state index is 0.295. The van der Waals surface area contributed by atoms with E-state index in [0.29, 0.717) is 5.69 Å². The summed E-state index contributed by atoms with van der Waals surface area (Å²) in [5, 5.41) is 13.7. The van der Waals surface area contributed by atoms with Crippen molar-refractivity contribution in [2.24, 2.45) is 10.8 Å². The molecule has 0 unspecified atom stereocenters. The van der Waals surface area contributed by atoms with Crippen molar-refractivity contribution in [1.29, 1.82) is 0 Å². The number of hydrazone groups is 1. The van der Waals surface area contributed by atoms with Crippen LogP contribution in [-0.4, -0.2) is 26.9 Å². The number of hydrogen-bond acceptors (Lipinski definition) is 5. The molecule has 2 amide bonds. The predicted octanol–water partition coefficient (Wildman–Crippen LogP) is -0.150. The number of hydrogen-bond donors (Lipinski definition) is 4. The third-order valence-corrected chi connectivity index (χ3v) is 3.24. The Balaban J connectivity index is 2.63. The summed E-state index contributed by atoms with van der Waals surface area (Å²) in [6.45, 7) is 3.76. The number of aromatic hydroxyl groups is 1. The van der Waals surface area contributed by atoms with E-state index in [1.165, 1.54) is 0 Å². The van der Waals surface area contributed by atoms with Crippen LogP contribution in [0.4, 0.5) is 4.79 Å². The summed E-state index contributed by atoms with van der Waals surface area (Å²) < 4.78 is 0.930. The molecule has 0 saturated carbocycles. The first-order valence-corrected chi connectivity index (χ1v) is 6.55. The molecule has 0 aliphatic heterocycles. The summed E-state index contributed by atoms with van der Waals surface area (Å²) in [7, 11) is 0. The van der Waals surface area contributed by atoms with Crippen molar-refractivity contribution in [2.45, 2.75) is 13.8 Å². The predicted molar refractivity (Wildman–Crippen MR) is 84.1 cm³/mol. The number of amides is 2. The highest BCUT2D eigenvalue weighted by Crippen LogP contribution is 2.18. The largest absolute Gasteiger partial charge is 0.493 e. The monoisotopic (exact) mass is 317 g/mol. The summed E-state index contributed by atoms with van der Waals surface area (Å²) in [5.74, 6) is -0.600. The third-order valence-electron chi connectivity index (χ3n) is 3.24. The number of benzene rings is 1. The molecule has 2 rings (SSSR count). The fraction of sp³-hybridized carbons (Fsp3) is 0.143. The average Bonchev–Trinajstić information content (AvgIpc) is 2.45. The minimum Gasteiger partial charge on any atom is -0.493 e. The number of nitrogens with one attached hydrogen (secondary N) is 2. The minimum atomic E-state index is -0.931. The van der Waals surface area contributed by atoms with Crippen LogP contribution >= 0.6 is 0 Å². The van der Waals surface area contributed by atoms with Crippen molar-refractivity contribution in [3.05, 3.63) is 55.7 Å². The maximum Gasteiger partial charge on any atom is 0.335 e. The first kappa shape index (κ1) is 16.0. The van der Waals surface area contributed by atoms with Crippen molar-refractivity contribution < 1.29 is 9.90 Å². The van der Waals surface area contributed by atoms with Crippen LogP contribution in [-0.2, 0) is 0 Å². The second kappa shape index (κ2) is 6.18. The van der Waals surface area contributed by atoms with Gasteiger partial charge in [0.15, 0.2) is 0 Å². The number of nitrogens with two attached hydrogens (primary N) is 1. The average molecular weight is 317 g/mol. The number of urea groups is 1. The molecule has 23 heavy (non-hydrogen) atoms. The number of aromatic nitrogens is 2. The summed E-state index contributed by atoms with van der Waals surface area (Å²) in [4.78, 5) is 36.4. The molecular weight excluding hydrogens is 302 g/mol. The van der Waals surface area contributed by atoms with Gasteiger partial charge in [-0.15, -0.1) is 0 Å². The Labute approximate surface area is 130 Å². The second-order valence-electron chi connectivity index (χ2n) is 4.83. The molecule has 0 fully saturated rings. The number of nitrogens with zero attached hydrogens (tertiary/aromatic N) is 2. The van der Waals surface area contributed by atoms with Gasteiger partial charge in [0.25, 0.3) is 5.56 Å². The lowest BCUT2D eigenvalue weighted by atomic mass is 10.1. The van der Waals surface area contributed by atoms with E-state index in [1.807, 2.05) is 19.3 Å². The summed E-state index contributed by atoms with van der Waals surface area (Å²) in [6, 6.07) is 4.17. The topological polar surface area (TPSA) is 143 Å². The number of rotatable bonds is 3. The zero-order chi connectivity index (χ0) is 17.1. The Morgan fingerprint density at radius 2 is 2.04 bits per heavy atom. The smallest absolute Gasteiger partial charge is 0.335 e. The zero-order valence-electron chi connectivity index (χ0n) is 12.5. The fourth-order valence-electron chi connectivity index (χ4n) is 1.92. The molecule has 1 aromatic carbocycles. The number of aromatic amines is 1. The quantitative estimate of drug-likeness (QED) is 0.461. The molecule has 5 N–H and O–H groups in total. The standard InChI is InChI=1S/C14H15N5O4/c1-7-3-4-9(5-8(7)2)19-12(21)10(6-16-18-13(15)22)11(20)17-14(19)23/h3-6,21H,1-2H3,(H3,15,18,22)(H,17,20,23)/b16-6+. The number of aryl methyl sites for hydroxylation is 2. The van der Waals surface area contributed by atoms with Crippen LogP contribution in [0.2, 0.25) is 0 Å². The van der Waals surface area contributed by atoms with Crippen molar-refractivity contribution in [3.63, 3.8) is 0 Å². The number of primary amides is 1. The van der Waals surface area contributed by atoms with E-state index in [1.54, 1.807) is 18.2 Å². The van der Waals surface area contributed by atoms with Gasteiger partial charge in [-0.05, 0) is 37.1 Å². The van der Waals surface area contributed by atoms with Crippen LogP contribution in [0.1, 0.15) is 16.7 Å². The fourth-order valence-corrected chi connectivity index (χ4v) is 1.92. The van der Waals surface area contributed by atoms with E-state index in [2.05, 4.69) is 10.1 Å². The lowest BCUT2D eigenvalue weighted by Gasteiger charge is -2.11. The molecule has 9 nitrogen and oxygen atoms in total. The Bertz CT molecular complexity index is 910. The Morgan fingerprint density at radius 1 is 1.35 bits per heavy atom. The van der Waals surface area contributed by atoms with E-state index in [0.717, 1.165) is 21.9 Å². The molecule has 0 spiro atoms. The van der Waals surface area contributed by atoms with Gasteiger partial charge in [0.2, 0.25) is 5.88 Å². The van der Waals surface area contributed by atoms with Crippen molar-refractivity contribution >= 4 is 12.2 Å². The highest BCUT2D eigenvalue weighted by atomic mass is 16.3. The lowest BCUT2D eigenvalue weighted by molar-refractivity contribution is 0.249. The van der Waals surface area contributed by atoms with Gasteiger partial charge >= 0.3 is 11.7 Å². The molecule has 0 aliphatic carbocycles. The van der Waals surface area contributed by atoms with E-state index in [-0.39, 0.29) is 5.56 Å². The van der Waals surface area contributed by atoms with Crippen LogP contribution in [0, 0.1) is 13.8 Å². The van der Waals surface area contributed by atoms with Gasteiger partial charge in [0.1, 0.15) is 5.56 Å². The molecule has 2 aromatic rings. The van der Waals surface area contributed by atoms with Gasteiger partial charge in [0, 0.05) is 0 Å². The van der Waals surface area contributed by atoms with E-state index in [9.17, 15) is 19.5 Å². The van der Waals surface area contributed by atoms with Gasteiger partial charge in [-0.1, -0.05) is 6.07 Å². The Morgan fingerprint density at radius 3 is 2.65 bits per heavy atom. The number of carbonyl (C=O) groups is 1. The van der Waals surface area contributed by atoms with Crippen LogP contribution in [0.3, 0.4) is 0 Å². The summed E-state index contributed by atoms with van der Waals surface area (Å²) >= 11 is 0. The van der Waals surface area contributed by atoms with Gasteiger partial charge in [-0.2, -0.15) is 5.10 Å². The molecule has 1 heterocycles. The molecular formula is C14H15N5O4. The molecule has 0 saturated heterocycles. The van der Waals surface area contributed by atoms with E-state index < -0.39 is 23.2 Å². The SMILES string of the molecule is Cc1ccc(-n2c(O)c(/C=N/NC(N)=O)c(=O)[nH]c2=O)cc1C. The molecule has 0 radical (unpaired) electrons. The number of H-pyrrole nitrogens is 1. The normalized spacial score (nSPS) is 10.9. The van der Waals surface area contributed by atoms with Crippen LogP contribution < -0.4 is 22.4 Å². The first-order valence-electron chi connectivity index (χ1n) is 6.55. The highest BCUT2D eigenvalue weighted by Gasteiger charge is 2.14. The van der Waals surface area contributed by atoms with E-state index in [4.69, 9.17) is 5.73 Å². The van der Waals surface area contributed by atoms with Gasteiger partial charge < -0.3 is 10.8 Å². The molecule has 9 heteroatoms. The number of carbonyl (C=O) groups excluding carboxylic acids is 1. The van der Waals surface area contributed by atoms with Crippen molar-refractivity contribution in [1.82, 2.24) is 15.0 Å². The van der Waals surface area contributed by atoms with Gasteiger partial charge in [-0.25, -0.2) is 19.6 Å². The van der Waals surface area contributed by atoms with Crippen LogP contribution in [0.25, 0.3) is 5.69 Å². The highest BCUT2D eigenvalue weighted by molar-refractivity contribution is 5.83. The Hall–Kier alpha value is -3.36. The Kier molecular flexibility index (Phi) is 4.30. The third kappa shape index (κ3) is 3.28. The van der Waals surface area contributed by atoms with Gasteiger partial charge in [-0.3, -0.25) is 9.78 Å². The van der Waals surface area contributed by atoms with E-state index >= 15 is 0 Å². The first-order chi connectivity index (χ1) is 10.8. The maximum atomic E-state index is 12.0. The lowest BCUT2D eigenvalue weighted by Crippen LogP contribution is -2.32. The van der Waals surface area contributed by atoms with Crippen LogP contribution in [0.15, 0.2) is 32.9 Å². The molecule has 0 atom stereocenters. The molecule has 0 aliphatic rings. The van der Waals surface area contributed by atoms with Crippen molar-refractivity contribution in [3.8, 4) is 11.6 Å². The molecule has 1 aromatic heterocycles. The van der Waals surface area contributed by atoms with Crippen molar-refractivity contribution in [2.75, 3.05) is 0 Å². The molecule has 0 bridgehead atoms. The van der Waals surface area contributed by atoms with Gasteiger partial charge in [0.05, 0.1) is 11.9 Å². The zero-order valence-corrected chi connectivity index (χ0v) is 12.5. The summed E-state index contributed by atoms with van der Waals surface area (Å²) in [6.07, 6.45) is 0.899. The summed E-state index contributed by atoms with van der Waals surface area (Å²) in [5.41, 5.74) is 7.10. The molecule has 120 valence electrons. The maximum absolute atomic E-state index is 12.0. The van der Waals surface area contributed by atoms with Crippen LogP contribution in [0.5, 0.6) is 5.88 Å².